The number of methoxy groups -OCH3 is 1. The minimum Gasteiger partial charge on any atom is -0.496 e. The molecule has 0 saturated heterocycles. The molecule has 0 unspecified atom stereocenters. The highest BCUT2D eigenvalue weighted by Crippen LogP contribution is 2.32. The summed E-state index contributed by atoms with van der Waals surface area (Å²) in [6.07, 6.45) is 0.943. The Morgan fingerprint density at radius 3 is 2.74 bits per heavy atom. The first-order valence-corrected chi connectivity index (χ1v) is 9.99. The molecule has 1 heterocycles. The summed E-state index contributed by atoms with van der Waals surface area (Å²) in [5, 5.41) is 11.1. The van der Waals surface area contributed by atoms with E-state index in [0.29, 0.717) is 5.75 Å². The third-order valence-electron chi connectivity index (χ3n) is 2.83. The second-order valence-electron chi connectivity index (χ2n) is 4.57. The van der Waals surface area contributed by atoms with Crippen molar-refractivity contribution >= 4 is 40.8 Å². The molecule has 1 N–H and O–H groups in total. The van der Waals surface area contributed by atoms with Crippen LogP contribution in [0.3, 0.4) is 0 Å². The van der Waals surface area contributed by atoms with Crippen molar-refractivity contribution in [2.75, 3.05) is 19.4 Å². The highest BCUT2D eigenvalue weighted by atomic mass is 32.2. The zero-order chi connectivity index (χ0) is 16.5. The van der Waals surface area contributed by atoms with Crippen LogP contribution < -0.4 is 10.1 Å². The molecule has 2 rings (SSSR count). The molecule has 1 aromatic carbocycles. The number of aromatic nitrogens is 2. The van der Waals surface area contributed by atoms with Crippen LogP contribution in [0.25, 0.3) is 0 Å². The van der Waals surface area contributed by atoms with Gasteiger partial charge >= 0.3 is 0 Å². The molecule has 124 valence electrons. The van der Waals surface area contributed by atoms with Crippen LogP contribution in [0.5, 0.6) is 5.75 Å². The molecule has 1 aromatic heterocycles. The molecule has 8 heteroatoms. The largest absolute Gasteiger partial charge is 0.496 e. The van der Waals surface area contributed by atoms with Crippen LogP contribution in [0.15, 0.2) is 32.9 Å². The Morgan fingerprint density at radius 1 is 1.26 bits per heavy atom. The fraction of sp³-hybridized carbons (Fsp3) is 0.400. The summed E-state index contributed by atoms with van der Waals surface area (Å²) in [5.41, 5.74) is 1.13. The molecule has 1 amide bonds. The van der Waals surface area contributed by atoms with Crippen LogP contribution in [0.4, 0.5) is 0 Å². The molecule has 0 spiro atoms. The SMILES string of the molecule is CCCNC(=O)CSc1nnc(SCc2ccccc2OC)s1. The molecule has 0 aliphatic rings. The summed E-state index contributed by atoms with van der Waals surface area (Å²) in [6, 6.07) is 7.94. The Bertz CT molecular complexity index is 634. The fourth-order valence-corrected chi connectivity index (χ4v) is 4.56. The maximum atomic E-state index is 11.6. The predicted molar refractivity (Wildman–Crippen MR) is 96.5 cm³/mol. The number of amides is 1. The van der Waals surface area contributed by atoms with Gasteiger partial charge in [-0.1, -0.05) is 60.0 Å². The predicted octanol–water partition coefficient (Wildman–Crippen LogP) is 3.46. The summed E-state index contributed by atoms with van der Waals surface area (Å²) in [4.78, 5) is 11.6. The minimum absolute atomic E-state index is 0.0373. The number of ether oxygens (including phenoxy) is 1. The quantitative estimate of drug-likeness (QED) is 0.683. The number of carbonyl (C=O) groups is 1. The van der Waals surface area contributed by atoms with Gasteiger partial charge in [0, 0.05) is 17.9 Å². The highest BCUT2D eigenvalue weighted by molar-refractivity contribution is 8.03. The van der Waals surface area contributed by atoms with E-state index in [0.717, 1.165) is 38.7 Å². The smallest absolute Gasteiger partial charge is 0.230 e. The fourth-order valence-electron chi connectivity index (χ4n) is 1.72. The number of hydrogen-bond donors (Lipinski definition) is 1. The molecule has 0 fully saturated rings. The van der Waals surface area contributed by atoms with Crippen molar-refractivity contribution < 1.29 is 9.53 Å². The molecule has 0 bridgehead atoms. The van der Waals surface area contributed by atoms with Gasteiger partial charge in [0.2, 0.25) is 5.91 Å². The van der Waals surface area contributed by atoms with E-state index in [-0.39, 0.29) is 5.91 Å². The first-order valence-electron chi connectivity index (χ1n) is 7.20. The minimum atomic E-state index is 0.0373. The van der Waals surface area contributed by atoms with Gasteiger partial charge in [0.05, 0.1) is 12.9 Å². The van der Waals surface area contributed by atoms with Crippen molar-refractivity contribution in [3.8, 4) is 5.75 Å². The molecular formula is C15H19N3O2S3. The molecule has 0 aliphatic heterocycles. The summed E-state index contributed by atoms with van der Waals surface area (Å²) in [7, 11) is 1.67. The number of para-hydroxylation sites is 1. The van der Waals surface area contributed by atoms with Crippen molar-refractivity contribution in [3.05, 3.63) is 29.8 Å². The molecule has 0 radical (unpaired) electrons. The third kappa shape index (κ3) is 6.04. The Morgan fingerprint density at radius 2 is 2.00 bits per heavy atom. The average molecular weight is 370 g/mol. The average Bonchev–Trinajstić information content (AvgIpc) is 3.04. The number of nitrogens with one attached hydrogen (secondary N) is 1. The lowest BCUT2D eigenvalue weighted by Crippen LogP contribution is -2.25. The van der Waals surface area contributed by atoms with Gasteiger partial charge in [-0.2, -0.15) is 0 Å². The maximum Gasteiger partial charge on any atom is 0.230 e. The Labute approximate surface area is 148 Å². The van der Waals surface area contributed by atoms with E-state index in [1.54, 1.807) is 18.9 Å². The molecule has 0 atom stereocenters. The lowest BCUT2D eigenvalue weighted by Gasteiger charge is -2.05. The molecule has 0 aliphatic carbocycles. The van der Waals surface area contributed by atoms with Crippen LogP contribution in [0.2, 0.25) is 0 Å². The van der Waals surface area contributed by atoms with Crippen LogP contribution >= 0.6 is 34.9 Å². The third-order valence-corrected chi connectivity index (χ3v) is 6.07. The number of hydrogen-bond acceptors (Lipinski definition) is 7. The van der Waals surface area contributed by atoms with Crippen molar-refractivity contribution in [1.82, 2.24) is 15.5 Å². The van der Waals surface area contributed by atoms with Gasteiger partial charge in [0.1, 0.15) is 5.75 Å². The highest BCUT2D eigenvalue weighted by Gasteiger charge is 2.09. The van der Waals surface area contributed by atoms with Crippen LogP contribution in [-0.2, 0) is 10.5 Å². The van der Waals surface area contributed by atoms with Gasteiger partial charge < -0.3 is 10.1 Å². The number of benzene rings is 1. The van der Waals surface area contributed by atoms with Crippen LogP contribution in [0, 0.1) is 0 Å². The first kappa shape index (κ1) is 18.1. The molecule has 0 saturated carbocycles. The molecular weight excluding hydrogens is 350 g/mol. The monoisotopic (exact) mass is 369 g/mol. The van der Waals surface area contributed by atoms with E-state index in [9.17, 15) is 4.79 Å². The van der Waals surface area contributed by atoms with Crippen LogP contribution in [0.1, 0.15) is 18.9 Å². The summed E-state index contributed by atoms with van der Waals surface area (Å²) in [5.74, 6) is 2.08. The zero-order valence-electron chi connectivity index (χ0n) is 13.1. The van der Waals surface area contributed by atoms with Crippen molar-refractivity contribution in [2.24, 2.45) is 0 Å². The number of carbonyl (C=O) groups excluding carboxylic acids is 1. The standard InChI is InChI=1S/C15H19N3O2S3/c1-3-8-16-13(19)10-22-15-18-17-14(23-15)21-9-11-6-4-5-7-12(11)20-2/h4-7H,3,8-10H2,1-2H3,(H,16,19). The molecule has 23 heavy (non-hydrogen) atoms. The summed E-state index contributed by atoms with van der Waals surface area (Å²) in [6.45, 7) is 2.75. The van der Waals surface area contributed by atoms with E-state index < -0.39 is 0 Å². The first-order chi connectivity index (χ1) is 11.2. The Hall–Kier alpha value is -1.25. The van der Waals surface area contributed by atoms with Gasteiger partial charge in [-0.3, -0.25) is 4.79 Å². The van der Waals surface area contributed by atoms with E-state index in [2.05, 4.69) is 15.5 Å². The summed E-state index contributed by atoms with van der Waals surface area (Å²) >= 11 is 4.56. The van der Waals surface area contributed by atoms with Gasteiger partial charge in [0.25, 0.3) is 0 Å². The number of nitrogens with zero attached hydrogens (tertiary/aromatic N) is 2. The topological polar surface area (TPSA) is 64.1 Å². The van der Waals surface area contributed by atoms with Crippen molar-refractivity contribution in [1.29, 1.82) is 0 Å². The van der Waals surface area contributed by atoms with Crippen LogP contribution in [-0.4, -0.2) is 35.5 Å². The number of thioether (sulfide) groups is 2. The van der Waals surface area contributed by atoms with E-state index in [1.807, 2.05) is 31.2 Å². The number of rotatable bonds is 9. The summed E-state index contributed by atoms with van der Waals surface area (Å²) < 4.78 is 7.06. The Balaban J connectivity index is 1.81. The molecule has 5 nitrogen and oxygen atoms in total. The lowest BCUT2D eigenvalue weighted by molar-refractivity contribution is -0.118. The normalized spacial score (nSPS) is 10.5. The second-order valence-corrected chi connectivity index (χ2v) is 8.00. The van der Waals surface area contributed by atoms with Gasteiger partial charge in [0.15, 0.2) is 8.68 Å². The van der Waals surface area contributed by atoms with Gasteiger partial charge in [-0.25, -0.2) is 0 Å². The van der Waals surface area contributed by atoms with Crippen molar-refractivity contribution in [2.45, 2.75) is 27.8 Å². The van der Waals surface area contributed by atoms with Crippen molar-refractivity contribution in [3.63, 3.8) is 0 Å². The van der Waals surface area contributed by atoms with E-state index >= 15 is 0 Å². The zero-order valence-corrected chi connectivity index (χ0v) is 15.5. The second kappa shape index (κ2) is 9.79. The lowest BCUT2D eigenvalue weighted by atomic mass is 10.2. The Kier molecular flexibility index (Phi) is 7.70. The van der Waals surface area contributed by atoms with E-state index in [1.165, 1.54) is 23.1 Å². The maximum absolute atomic E-state index is 11.6. The van der Waals surface area contributed by atoms with Gasteiger partial charge in [-0.15, -0.1) is 10.2 Å². The van der Waals surface area contributed by atoms with E-state index in [4.69, 9.17) is 4.74 Å². The van der Waals surface area contributed by atoms with Gasteiger partial charge in [-0.05, 0) is 12.5 Å². The molecule has 2 aromatic rings.